The molecule has 1 aromatic carbocycles. The predicted molar refractivity (Wildman–Crippen MR) is 112 cm³/mol. The first-order valence-electron chi connectivity index (χ1n) is 9.25. The smallest absolute Gasteiger partial charge is 0.268 e. The maximum Gasteiger partial charge on any atom is 0.268 e. The van der Waals surface area contributed by atoms with E-state index in [4.69, 9.17) is 4.74 Å². The van der Waals surface area contributed by atoms with E-state index in [0.717, 1.165) is 5.56 Å². The molecule has 1 N–H and O–H groups in total. The molecule has 28 heavy (non-hydrogen) atoms. The minimum atomic E-state index is -0.647. The maximum atomic E-state index is 12.7. The van der Waals surface area contributed by atoms with Crippen molar-refractivity contribution >= 4 is 27.5 Å². The van der Waals surface area contributed by atoms with Crippen LogP contribution in [0.25, 0.3) is 10.2 Å². The van der Waals surface area contributed by atoms with Gasteiger partial charge in [-0.3, -0.25) is 9.59 Å². The van der Waals surface area contributed by atoms with Gasteiger partial charge in [0.1, 0.15) is 16.3 Å². The maximum absolute atomic E-state index is 12.7. The summed E-state index contributed by atoms with van der Waals surface area (Å²) in [4.78, 5) is 33.4. The highest BCUT2D eigenvalue weighted by Gasteiger charge is 2.21. The minimum absolute atomic E-state index is 0.180. The van der Waals surface area contributed by atoms with Crippen LogP contribution in [0.2, 0.25) is 0 Å². The van der Waals surface area contributed by atoms with E-state index in [1.807, 2.05) is 30.5 Å². The van der Waals surface area contributed by atoms with E-state index >= 15 is 0 Å². The number of thiophene rings is 1. The zero-order chi connectivity index (χ0) is 20.4. The molecule has 1 atom stereocenters. The van der Waals surface area contributed by atoms with Gasteiger partial charge >= 0.3 is 0 Å². The Morgan fingerprint density at radius 3 is 2.71 bits per heavy atom. The third-order valence-electron chi connectivity index (χ3n) is 4.65. The van der Waals surface area contributed by atoms with Gasteiger partial charge in [-0.1, -0.05) is 19.9 Å². The second-order valence-corrected chi connectivity index (χ2v) is 8.19. The Morgan fingerprint density at radius 1 is 1.29 bits per heavy atom. The van der Waals surface area contributed by atoms with Crippen molar-refractivity contribution in [2.45, 2.75) is 46.3 Å². The molecule has 148 valence electrons. The highest BCUT2D eigenvalue weighted by atomic mass is 32.1. The molecule has 6 nitrogen and oxygen atoms in total. The van der Waals surface area contributed by atoms with Crippen LogP contribution in [0.15, 0.2) is 34.4 Å². The molecule has 3 aromatic rings. The number of aryl methyl sites for hydroxylation is 1. The Balaban J connectivity index is 1.68. The lowest BCUT2D eigenvalue weighted by Crippen LogP contribution is -2.38. The fourth-order valence-corrected chi connectivity index (χ4v) is 3.96. The molecular formula is C21H25N3O3S. The molecule has 0 saturated heterocycles. The minimum Gasteiger partial charge on any atom is -0.481 e. The van der Waals surface area contributed by atoms with Gasteiger partial charge in [0.25, 0.3) is 11.5 Å². The summed E-state index contributed by atoms with van der Waals surface area (Å²) in [6.07, 6.45) is -0.647. The third-order valence-corrected chi connectivity index (χ3v) is 5.55. The number of nitrogens with zero attached hydrogens (tertiary/aromatic N) is 2. The van der Waals surface area contributed by atoms with Crippen LogP contribution in [0.3, 0.4) is 0 Å². The Morgan fingerprint density at radius 2 is 2.04 bits per heavy atom. The number of hydrogen-bond acceptors (Lipinski definition) is 5. The fraction of sp³-hybridized carbons (Fsp3) is 0.381. The quantitative estimate of drug-likeness (QED) is 0.683. The van der Waals surface area contributed by atoms with E-state index < -0.39 is 6.10 Å². The zero-order valence-corrected chi connectivity index (χ0v) is 17.6. The summed E-state index contributed by atoms with van der Waals surface area (Å²) in [6.45, 7) is 8.27. The van der Waals surface area contributed by atoms with Crippen LogP contribution >= 0.6 is 11.3 Å². The average molecular weight is 400 g/mol. The van der Waals surface area contributed by atoms with E-state index in [1.54, 1.807) is 20.0 Å². The normalized spacial score (nSPS) is 12.4. The van der Waals surface area contributed by atoms with Gasteiger partial charge in [0.2, 0.25) is 0 Å². The molecular weight excluding hydrogens is 374 g/mol. The Kier molecular flexibility index (Phi) is 5.84. The number of benzene rings is 1. The van der Waals surface area contributed by atoms with E-state index in [0.29, 0.717) is 27.7 Å². The van der Waals surface area contributed by atoms with Gasteiger partial charge in [0, 0.05) is 7.05 Å². The number of hydrogen-bond donors (Lipinski definition) is 1. The summed E-state index contributed by atoms with van der Waals surface area (Å²) in [5, 5.41) is 1.83. The number of fused-ring (bicyclic) bond motifs is 1. The predicted octanol–water partition coefficient (Wildman–Crippen LogP) is 3.84. The molecule has 3 rings (SSSR count). The van der Waals surface area contributed by atoms with Crippen molar-refractivity contribution in [3.63, 3.8) is 0 Å². The van der Waals surface area contributed by atoms with Gasteiger partial charge in [-0.05, 0) is 54.5 Å². The lowest BCUT2D eigenvalue weighted by Gasteiger charge is -2.22. The van der Waals surface area contributed by atoms with Crippen LogP contribution in [0.1, 0.15) is 43.6 Å². The standard InChI is InChI=1S/C21H25N3O3S/c1-12(2)16-7-6-15(10-13(16)3)27-14(4)21(26)24(5)11-18-22-17-8-9-28-19(17)20(25)23-18/h6-10,12,14H,11H2,1-5H3,(H,22,23,25)/t14-/m0/s1. The van der Waals surface area contributed by atoms with Crippen molar-refractivity contribution in [3.8, 4) is 5.75 Å². The lowest BCUT2D eigenvalue weighted by molar-refractivity contribution is -0.137. The summed E-state index contributed by atoms with van der Waals surface area (Å²) in [6, 6.07) is 7.70. The van der Waals surface area contributed by atoms with Gasteiger partial charge < -0.3 is 14.6 Å². The summed E-state index contributed by atoms with van der Waals surface area (Å²) >= 11 is 1.35. The van der Waals surface area contributed by atoms with Crippen LogP contribution in [-0.2, 0) is 11.3 Å². The number of ether oxygens (including phenoxy) is 1. The van der Waals surface area contributed by atoms with Crippen molar-refractivity contribution in [1.82, 2.24) is 14.9 Å². The topological polar surface area (TPSA) is 75.3 Å². The van der Waals surface area contributed by atoms with Gasteiger partial charge in [-0.2, -0.15) is 0 Å². The molecule has 2 heterocycles. The van der Waals surface area contributed by atoms with Crippen molar-refractivity contribution in [2.75, 3.05) is 7.05 Å². The number of carbonyl (C=O) groups excluding carboxylic acids is 1. The number of carbonyl (C=O) groups is 1. The molecule has 0 aliphatic rings. The highest BCUT2D eigenvalue weighted by Crippen LogP contribution is 2.24. The molecule has 0 radical (unpaired) electrons. The number of rotatable bonds is 6. The molecule has 0 bridgehead atoms. The van der Waals surface area contributed by atoms with Gasteiger partial charge in [0.05, 0.1) is 12.1 Å². The summed E-state index contributed by atoms with van der Waals surface area (Å²) in [5.74, 6) is 1.38. The molecule has 0 spiro atoms. The summed E-state index contributed by atoms with van der Waals surface area (Å²) in [5.41, 5.74) is 2.88. The van der Waals surface area contributed by atoms with Crippen LogP contribution < -0.4 is 10.3 Å². The van der Waals surface area contributed by atoms with E-state index in [2.05, 4.69) is 23.8 Å². The van der Waals surface area contributed by atoms with Crippen LogP contribution in [0.5, 0.6) is 5.75 Å². The molecule has 0 unspecified atom stereocenters. The Bertz CT molecular complexity index is 1050. The lowest BCUT2D eigenvalue weighted by atomic mass is 9.98. The fourth-order valence-electron chi connectivity index (χ4n) is 3.23. The number of aromatic nitrogens is 2. The molecule has 0 fully saturated rings. The second kappa shape index (κ2) is 8.14. The van der Waals surface area contributed by atoms with Crippen LogP contribution in [0.4, 0.5) is 0 Å². The Labute approximate surface area is 168 Å². The molecule has 0 saturated carbocycles. The molecule has 0 aliphatic heterocycles. The zero-order valence-electron chi connectivity index (χ0n) is 16.8. The highest BCUT2D eigenvalue weighted by molar-refractivity contribution is 7.17. The van der Waals surface area contributed by atoms with Crippen molar-refractivity contribution in [1.29, 1.82) is 0 Å². The summed E-state index contributed by atoms with van der Waals surface area (Å²) < 4.78 is 6.44. The van der Waals surface area contributed by atoms with E-state index in [1.165, 1.54) is 21.8 Å². The third kappa shape index (κ3) is 4.25. The van der Waals surface area contributed by atoms with Crippen molar-refractivity contribution < 1.29 is 9.53 Å². The summed E-state index contributed by atoms with van der Waals surface area (Å²) in [7, 11) is 1.67. The first kappa shape index (κ1) is 20.1. The van der Waals surface area contributed by atoms with Gasteiger partial charge in [0.15, 0.2) is 6.10 Å². The molecule has 7 heteroatoms. The second-order valence-electron chi connectivity index (χ2n) is 7.28. The SMILES string of the molecule is Cc1cc(O[C@@H](C)C(=O)N(C)Cc2nc3ccsc3c(=O)[nH]2)ccc1C(C)C. The van der Waals surface area contributed by atoms with Crippen LogP contribution in [-0.4, -0.2) is 33.9 Å². The molecule has 0 aliphatic carbocycles. The average Bonchev–Trinajstić information content (AvgIpc) is 3.09. The first-order chi connectivity index (χ1) is 13.3. The largest absolute Gasteiger partial charge is 0.481 e. The number of likely N-dealkylation sites (N-methyl/N-ethyl adjacent to an activating group) is 1. The van der Waals surface area contributed by atoms with Crippen LogP contribution in [0, 0.1) is 6.92 Å². The van der Waals surface area contributed by atoms with E-state index in [9.17, 15) is 9.59 Å². The van der Waals surface area contributed by atoms with Crippen molar-refractivity contribution in [2.24, 2.45) is 0 Å². The molecule has 2 aromatic heterocycles. The number of H-pyrrole nitrogens is 1. The first-order valence-corrected chi connectivity index (χ1v) is 10.1. The molecule has 1 amide bonds. The number of nitrogens with one attached hydrogen (secondary N) is 1. The van der Waals surface area contributed by atoms with Crippen molar-refractivity contribution in [3.05, 3.63) is 57.0 Å². The van der Waals surface area contributed by atoms with E-state index in [-0.39, 0.29) is 18.0 Å². The monoisotopic (exact) mass is 399 g/mol. The Hall–Kier alpha value is -2.67. The van der Waals surface area contributed by atoms with Gasteiger partial charge in [-0.25, -0.2) is 4.98 Å². The van der Waals surface area contributed by atoms with Gasteiger partial charge in [-0.15, -0.1) is 11.3 Å². The number of aromatic amines is 1. The number of amides is 1.